The van der Waals surface area contributed by atoms with Gasteiger partial charge in [0.25, 0.3) is 0 Å². The zero-order valence-electron chi connectivity index (χ0n) is 11.5. The van der Waals surface area contributed by atoms with E-state index >= 15 is 0 Å². The average Bonchev–Trinajstić information content (AvgIpc) is 3.25. The topological polar surface area (TPSA) is 49.3 Å². The number of carbonyl (C=O) groups excluding carboxylic acids is 1. The van der Waals surface area contributed by atoms with Gasteiger partial charge in [-0.15, -0.1) is 0 Å². The second-order valence-electron chi connectivity index (χ2n) is 5.36. The molecule has 1 aliphatic carbocycles. The summed E-state index contributed by atoms with van der Waals surface area (Å²) in [6.45, 7) is 2.59. The predicted octanol–water partition coefficient (Wildman–Crippen LogP) is 2.46. The van der Waals surface area contributed by atoms with Gasteiger partial charge in [0.1, 0.15) is 0 Å². The maximum atomic E-state index is 12.1. The molecular formula is C16H23NO2. The second-order valence-corrected chi connectivity index (χ2v) is 5.36. The number of carbonyl (C=O) groups is 1. The molecule has 0 aliphatic heterocycles. The molecule has 1 aromatic carbocycles. The van der Waals surface area contributed by atoms with Gasteiger partial charge in [0.05, 0.1) is 12.0 Å². The molecule has 1 fully saturated rings. The molecule has 1 aromatic rings. The summed E-state index contributed by atoms with van der Waals surface area (Å²) in [5.74, 6) is 0.462. The Kier molecular flexibility index (Phi) is 4.97. The zero-order chi connectivity index (χ0) is 13.7. The third kappa shape index (κ3) is 4.06. The molecule has 1 amide bonds. The highest BCUT2D eigenvalue weighted by molar-refractivity contribution is 5.83. The van der Waals surface area contributed by atoms with Gasteiger partial charge in [-0.1, -0.05) is 37.3 Å². The Morgan fingerprint density at radius 3 is 2.63 bits per heavy atom. The normalized spacial score (nSPS) is 17.8. The van der Waals surface area contributed by atoms with Crippen LogP contribution in [-0.2, 0) is 4.79 Å². The first kappa shape index (κ1) is 14.1. The van der Waals surface area contributed by atoms with E-state index in [1.54, 1.807) is 0 Å². The smallest absolute Gasteiger partial charge is 0.227 e. The van der Waals surface area contributed by atoms with Crippen LogP contribution >= 0.6 is 0 Å². The molecule has 0 saturated heterocycles. The highest BCUT2D eigenvalue weighted by Crippen LogP contribution is 2.33. The minimum Gasteiger partial charge on any atom is -0.393 e. The summed E-state index contributed by atoms with van der Waals surface area (Å²) in [4.78, 5) is 12.1. The molecule has 0 heterocycles. The summed E-state index contributed by atoms with van der Waals surface area (Å²) < 4.78 is 0. The van der Waals surface area contributed by atoms with Crippen molar-refractivity contribution >= 4 is 5.91 Å². The maximum Gasteiger partial charge on any atom is 0.227 e. The quantitative estimate of drug-likeness (QED) is 0.792. The van der Waals surface area contributed by atoms with Crippen LogP contribution in [0, 0.1) is 5.92 Å². The fraction of sp³-hybridized carbons (Fsp3) is 0.562. The fourth-order valence-corrected chi connectivity index (χ4v) is 2.44. The first-order valence-electron chi connectivity index (χ1n) is 7.23. The Morgan fingerprint density at radius 2 is 2.05 bits per heavy atom. The van der Waals surface area contributed by atoms with E-state index in [1.807, 2.05) is 37.3 Å². The predicted molar refractivity (Wildman–Crippen MR) is 75.8 cm³/mol. The Hall–Kier alpha value is -1.35. The molecule has 2 atom stereocenters. The number of aliphatic hydroxyl groups excluding tert-OH is 1. The Morgan fingerprint density at radius 1 is 1.37 bits per heavy atom. The number of amides is 1. The summed E-state index contributed by atoms with van der Waals surface area (Å²) >= 11 is 0. The third-order valence-corrected chi connectivity index (χ3v) is 3.83. The largest absolute Gasteiger partial charge is 0.393 e. The summed E-state index contributed by atoms with van der Waals surface area (Å²) in [5.41, 5.74) is 1.06. The molecule has 1 saturated carbocycles. The molecule has 3 heteroatoms. The minimum atomic E-state index is -0.239. The van der Waals surface area contributed by atoms with Gasteiger partial charge in [0.2, 0.25) is 5.91 Å². The van der Waals surface area contributed by atoms with Crippen LogP contribution in [0.5, 0.6) is 0 Å². The van der Waals surface area contributed by atoms with Gasteiger partial charge in [0.15, 0.2) is 0 Å². The molecular weight excluding hydrogens is 238 g/mol. The zero-order valence-corrected chi connectivity index (χ0v) is 11.5. The van der Waals surface area contributed by atoms with Gasteiger partial charge in [-0.2, -0.15) is 0 Å². The summed E-state index contributed by atoms with van der Waals surface area (Å²) in [7, 11) is 0. The minimum absolute atomic E-state index is 0.0664. The van der Waals surface area contributed by atoms with Gasteiger partial charge >= 0.3 is 0 Å². The Balaban J connectivity index is 1.80. The molecule has 3 nitrogen and oxygen atoms in total. The van der Waals surface area contributed by atoms with Crippen LogP contribution in [0.15, 0.2) is 30.3 Å². The third-order valence-electron chi connectivity index (χ3n) is 3.83. The standard InChI is InChI=1S/C16H23NO2/c1-2-14(12-6-4-3-5-7-12)16(19)17-11-10-15(18)13-8-9-13/h3-7,13-15,18H,2,8-11H2,1H3,(H,17,19)/t14-,15+/m1/s1. The molecule has 1 aliphatic rings. The first-order chi connectivity index (χ1) is 9.22. The van der Waals surface area contributed by atoms with E-state index in [4.69, 9.17) is 0 Å². The molecule has 2 rings (SSSR count). The van der Waals surface area contributed by atoms with Gasteiger partial charge in [-0.05, 0) is 37.2 Å². The van der Waals surface area contributed by atoms with E-state index in [0.717, 1.165) is 24.8 Å². The molecule has 2 N–H and O–H groups in total. The lowest BCUT2D eigenvalue weighted by molar-refractivity contribution is -0.122. The van der Waals surface area contributed by atoms with Crippen LogP contribution in [0.4, 0.5) is 0 Å². The van der Waals surface area contributed by atoms with Crippen molar-refractivity contribution in [2.24, 2.45) is 5.92 Å². The van der Waals surface area contributed by atoms with E-state index in [2.05, 4.69) is 5.32 Å². The highest BCUT2D eigenvalue weighted by Gasteiger charge is 2.29. The first-order valence-corrected chi connectivity index (χ1v) is 7.23. The number of nitrogens with one attached hydrogen (secondary N) is 1. The number of benzene rings is 1. The number of hydrogen-bond acceptors (Lipinski definition) is 2. The van der Waals surface area contributed by atoms with E-state index in [1.165, 1.54) is 0 Å². The van der Waals surface area contributed by atoms with Crippen LogP contribution in [-0.4, -0.2) is 23.7 Å². The van der Waals surface area contributed by atoms with Crippen LogP contribution < -0.4 is 5.32 Å². The van der Waals surface area contributed by atoms with Crippen molar-refractivity contribution in [3.8, 4) is 0 Å². The van der Waals surface area contributed by atoms with Crippen molar-refractivity contribution in [2.45, 2.75) is 44.6 Å². The SMILES string of the molecule is CC[C@@H](C(=O)NCC[C@H](O)C1CC1)c1ccccc1. The second kappa shape index (κ2) is 6.71. The van der Waals surface area contributed by atoms with Crippen molar-refractivity contribution in [2.75, 3.05) is 6.54 Å². The van der Waals surface area contributed by atoms with Crippen molar-refractivity contribution in [3.63, 3.8) is 0 Å². The van der Waals surface area contributed by atoms with Crippen LogP contribution in [0.1, 0.15) is 44.1 Å². The monoisotopic (exact) mass is 261 g/mol. The lowest BCUT2D eigenvalue weighted by Gasteiger charge is -2.16. The van der Waals surface area contributed by atoms with E-state index < -0.39 is 0 Å². The van der Waals surface area contributed by atoms with E-state index in [-0.39, 0.29) is 17.9 Å². The molecule has 104 valence electrons. The highest BCUT2D eigenvalue weighted by atomic mass is 16.3. The Labute approximate surface area is 115 Å². The van der Waals surface area contributed by atoms with Crippen molar-refractivity contribution in [1.29, 1.82) is 0 Å². The molecule has 0 bridgehead atoms. The summed E-state index contributed by atoms with van der Waals surface area (Å²) in [6.07, 6.45) is 3.49. The molecule has 0 spiro atoms. The number of aliphatic hydroxyl groups is 1. The lowest BCUT2D eigenvalue weighted by atomic mass is 9.95. The molecule has 0 aromatic heterocycles. The maximum absolute atomic E-state index is 12.1. The number of rotatable bonds is 7. The van der Waals surface area contributed by atoms with Gasteiger partial charge in [0, 0.05) is 6.54 Å². The summed E-state index contributed by atoms with van der Waals surface area (Å²) in [6, 6.07) is 9.87. The fourth-order valence-electron chi connectivity index (χ4n) is 2.44. The Bertz CT molecular complexity index is 400. The molecule has 0 unspecified atom stereocenters. The van der Waals surface area contributed by atoms with E-state index in [9.17, 15) is 9.90 Å². The molecule has 19 heavy (non-hydrogen) atoms. The van der Waals surface area contributed by atoms with E-state index in [0.29, 0.717) is 18.9 Å². The lowest BCUT2D eigenvalue weighted by Crippen LogP contribution is -2.31. The van der Waals surface area contributed by atoms with Crippen LogP contribution in [0.3, 0.4) is 0 Å². The van der Waals surface area contributed by atoms with Crippen LogP contribution in [0.2, 0.25) is 0 Å². The van der Waals surface area contributed by atoms with Gasteiger partial charge < -0.3 is 10.4 Å². The van der Waals surface area contributed by atoms with Crippen molar-refractivity contribution < 1.29 is 9.90 Å². The van der Waals surface area contributed by atoms with Gasteiger partial charge in [-0.3, -0.25) is 4.79 Å². The summed E-state index contributed by atoms with van der Waals surface area (Å²) in [5, 5.41) is 12.7. The average molecular weight is 261 g/mol. The van der Waals surface area contributed by atoms with Crippen molar-refractivity contribution in [3.05, 3.63) is 35.9 Å². The van der Waals surface area contributed by atoms with Crippen molar-refractivity contribution in [1.82, 2.24) is 5.32 Å². The number of hydrogen-bond donors (Lipinski definition) is 2. The van der Waals surface area contributed by atoms with Gasteiger partial charge in [-0.25, -0.2) is 0 Å². The molecule has 0 radical (unpaired) electrons. The van der Waals surface area contributed by atoms with Crippen LogP contribution in [0.25, 0.3) is 0 Å².